The largest absolute Gasteiger partial charge is 2.00 e. The predicted octanol–water partition coefficient (Wildman–Crippen LogP) is 5.80. The summed E-state index contributed by atoms with van der Waals surface area (Å²) in [4.78, 5) is 48.1. The standard InChI is InChI=1S/C26H26N2O4S2.2C5H5.2Fe/c29-23(19-5-1-2-6-19)13-15-33-17-25(31)27-21-9-11-22(12-10-21)28-26(32)18-34-16-14-24(30)20-7-3-4-8-20;2*1-2-4-5-3-1;;/h1-12H,13-18H2,(H,27,31)(H,28,32);2*1-5H;;/q;;;2*+2. The Hall–Kier alpha value is -0.761. The summed E-state index contributed by atoms with van der Waals surface area (Å²) >= 11 is 2.83. The second kappa shape index (κ2) is 27.1. The van der Waals surface area contributed by atoms with E-state index < -0.39 is 0 Å². The van der Waals surface area contributed by atoms with E-state index in [1.54, 1.807) is 49.9 Å². The Morgan fingerprint density at radius 3 is 1.02 bits per heavy atom. The van der Waals surface area contributed by atoms with Crippen molar-refractivity contribution in [2.75, 3.05) is 33.6 Å². The summed E-state index contributed by atoms with van der Waals surface area (Å²) in [5.41, 5.74) is 1.27. The Balaban J connectivity index is 0.000000746. The monoisotopic (exact) mass is 736 g/mol. The molecule has 238 valence electrons. The van der Waals surface area contributed by atoms with E-state index >= 15 is 0 Å². The molecule has 4 aliphatic rings. The predicted molar refractivity (Wildman–Crippen MR) is 181 cm³/mol. The number of anilines is 2. The number of Topliss-reactive ketones (excluding diaryl/α,β-unsaturated/α-hetero) is 2. The van der Waals surface area contributed by atoms with Gasteiger partial charge in [-0.05, 0) is 140 Å². The van der Waals surface area contributed by atoms with Crippen LogP contribution in [0.25, 0.3) is 0 Å². The number of benzene rings is 1. The molecule has 20 radical (unpaired) electrons. The maximum absolute atomic E-state index is 12.1. The molecule has 0 bridgehead atoms. The Bertz CT molecular complexity index is 898. The zero-order valence-corrected chi connectivity index (χ0v) is 28.9. The number of rotatable bonds is 14. The normalized spacial score (nSPS) is 17.4. The van der Waals surface area contributed by atoms with Gasteiger partial charge in [0.1, 0.15) is 11.6 Å². The molecule has 1 aromatic carbocycles. The number of amides is 2. The number of hydrogen-bond acceptors (Lipinski definition) is 6. The van der Waals surface area contributed by atoms with Crippen LogP contribution < -0.4 is 10.6 Å². The topological polar surface area (TPSA) is 92.3 Å². The maximum Gasteiger partial charge on any atom is 2.00 e. The Morgan fingerprint density at radius 2 is 0.739 bits per heavy atom. The molecule has 46 heavy (non-hydrogen) atoms. The fraction of sp³-hybridized carbons (Fsp3) is 0.167. The van der Waals surface area contributed by atoms with E-state index in [4.69, 9.17) is 0 Å². The summed E-state index contributed by atoms with van der Waals surface area (Å²) in [5, 5.41) is 5.62. The molecule has 4 fully saturated rings. The van der Waals surface area contributed by atoms with E-state index in [0.717, 1.165) is 0 Å². The van der Waals surface area contributed by atoms with Crippen LogP contribution in [0.2, 0.25) is 0 Å². The minimum atomic E-state index is -0.143. The van der Waals surface area contributed by atoms with Gasteiger partial charge in [-0.2, -0.15) is 23.5 Å². The number of hydrogen-bond donors (Lipinski definition) is 2. The van der Waals surface area contributed by atoms with Crippen LogP contribution in [0, 0.1) is 127 Å². The molecule has 2 N–H and O–H groups in total. The molecule has 4 aliphatic carbocycles. The SMILES string of the molecule is O=C(CSCCC(=O)[C]1[CH][CH][CH][CH]1)Nc1ccc(NC(=O)CSCCC(=O)[C]2[CH][CH][CH][CH]2)cc1.[CH]1[CH][CH][CH][CH]1.[CH]1[CH][CH][CH][CH]1.[Fe+2].[Fe+2]. The van der Waals surface area contributed by atoms with Crippen LogP contribution in [0.5, 0.6) is 0 Å². The molecule has 0 unspecified atom stereocenters. The van der Waals surface area contributed by atoms with Crippen molar-refractivity contribution in [3.63, 3.8) is 0 Å². The summed E-state index contributed by atoms with van der Waals surface area (Å²) in [6.07, 6.45) is 35.3. The van der Waals surface area contributed by atoms with Crippen LogP contribution in [0.3, 0.4) is 0 Å². The van der Waals surface area contributed by atoms with Crippen molar-refractivity contribution in [3.8, 4) is 0 Å². The number of ketones is 2. The van der Waals surface area contributed by atoms with Gasteiger partial charge in [-0.1, -0.05) is 0 Å². The van der Waals surface area contributed by atoms with Crippen LogP contribution in [0.1, 0.15) is 12.8 Å². The van der Waals surface area contributed by atoms with Crippen LogP contribution in [-0.4, -0.2) is 46.4 Å². The van der Waals surface area contributed by atoms with E-state index in [1.165, 1.54) is 23.5 Å². The number of nitrogens with one attached hydrogen (secondary N) is 2. The van der Waals surface area contributed by atoms with Crippen LogP contribution in [0.15, 0.2) is 24.3 Å². The molecule has 1 aromatic rings. The Kier molecular flexibility index (Phi) is 25.5. The number of carbonyl (C=O) groups is 4. The zero-order valence-electron chi connectivity index (χ0n) is 25.1. The van der Waals surface area contributed by atoms with E-state index in [9.17, 15) is 19.2 Å². The number of carbonyl (C=O) groups excluding carboxylic acids is 4. The van der Waals surface area contributed by atoms with Gasteiger partial charge < -0.3 is 10.6 Å². The molecule has 0 saturated heterocycles. The minimum Gasteiger partial charge on any atom is -0.325 e. The maximum atomic E-state index is 12.1. The van der Waals surface area contributed by atoms with Crippen molar-refractivity contribution in [2.24, 2.45) is 0 Å². The Labute approximate surface area is 308 Å². The van der Waals surface area contributed by atoms with Crippen LogP contribution >= 0.6 is 23.5 Å². The molecule has 10 heteroatoms. The quantitative estimate of drug-likeness (QED) is 0.186. The summed E-state index contributed by atoms with van der Waals surface area (Å²) in [6.45, 7) is 0. The molecule has 0 aliphatic heterocycles. The average molecular weight is 737 g/mol. The van der Waals surface area contributed by atoms with E-state index in [1.807, 2.05) is 89.9 Å². The second-order valence-corrected chi connectivity index (χ2v) is 11.6. The molecule has 4 saturated carbocycles. The van der Waals surface area contributed by atoms with Crippen LogP contribution in [0.4, 0.5) is 11.4 Å². The van der Waals surface area contributed by atoms with Gasteiger partial charge in [-0.3, -0.25) is 19.2 Å². The summed E-state index contributed by atoms with van der Waals surface area (Å²) in [7, 11) is 0. The summed E-state index contributed by atoms with van der Waals surface area (Å²) in [5.74, 6) is 2.99. The van der Waals surface area contributed by atoms with E-state index in [0.29, 0.717) is 47.6 Å². The van der Waals surface area contributed by atoms with Crippen LogP contribution in [-0.2, 0) is 53.3 Å². The summed E-state index contributed by atoms with van der Waals surface area (Å²) < 4.78 is 0. The van der Waals surface area contributed by atoms with Gasteiger partial charge in [0.15, 0.2) is 0 Å². The molecular weight excluding hydrogens is 700 g/mol. The number of thioether (sulfide) groups is 2. The van der Waals surface area contributed by atoms with Crippen molar-refractivity contribution in [1.82, 2.24) is 0 Å². The van der Waals surface area contributed by atoms with Gasteiger partial charge in [-0.15, -0.1) is 0 Å². The van der Waals surface area contributed by atoms with Gasteiger partial charge in [0.25, 0.3) is 0 Å². The third kappa shape index (κ3) is 19.3. The van der Waals surface area contributed by atoms with Crippen molar-refractivity contribution < 1.29 is 53.3 Å². The molecule has 0 atom stereocenters. The van der Waals surface area contributed by atoms with Gasteiger partial charge >= 0.3 is 34.1 Å². The zero-order chi connectivity index (χ0) is 31.2. The Morgan fingerprint density at radius 1 is 0.457 bits per heavy atom. The summed E-state index contributed by atoms with van der Waals surface area (Å²) in [6, 6.07) is 6.90. The van der Waals surface area contributed by atoms with E-state index in [-0.39, 0.29) is 69.0 Å². The van der Waals surface area contributed by atoms with Crippen molar-refractivity contribution in [3.05, 3.63) is 152 Å². The fourth-order valence-electron chi connectivity index (χ4n) is 3.74. The average Bonchev–Trinajstić information content (AvgIpc) is 3.88. The molecule has 2 amide bonds. The van der Waals surface area contributed by atoms with Gasteiger partial charge in [0.2, 0.25) is 11.8 Å². The third-order valence-corrected chi connectivity index (χ3v) is 7.86. The fourth-order valence-corrected chi connectivity index (χ4v) is 5.20. The van der Waals surface area contributed by atoms with Gasteiger partial charge in [0.05, 0.1) is 11.5 Å². The van der Waals surface area contributed by atoms with Gasteiger partial charge in [0, 0.05) is 47.6 Å². The molecule has 0 heterocycles. The van der Waals surface area contributed by atoms with Crippen molar-refractivity contribution >= 4 is 58.3 Å². The first-order valence-electron chi connectivity index (χ1n) is 14.2. The molecule has 0 aromatic heterocycles. The van der Waals surface area contributed by atoms with Gasteiger partial charge in [-0.25, -0.2) is 0 Å². The van der Waals surface area contributed by atoms with Crippen molar-refractivity contribution in [1.29, 1.82) is 0 Å². The van der Waals surface area contributed by atoms with Crippen molar-refractivity contribution in [2.45, 2.75) is 12.8 Å². The minimum absolute atomic E-state index is 0. The molecule has 5 rings (SSSR count). The molecule has 6 nitrogen and oxygen atoms in total. The smallest absolute Gasteiger partial charge is 0.325 e. The first-order chi connectivity index (χ1) is 21.5. The molecular formula is C36H36Fe2N2O4S2+4. The van der Waals surface area contributed by atoms with E-state index in [2.05, 4.69) is 10.6 Å². The molecule has 0 spiro atoms. The second-order valence-electron chi connectivity index (χ2n) is 9.40. The third-order valence-electron chi connectivity index (χ3n) is 5.95. The first-order valence-corrected chi connectivity index (χ1v) is 16.5. The first kappa shape index (κ1) is 43.3.